The predicted octanol–water partition coefficient (Wildman–Crippen LogP) is 5.40. The van der Waals surface area contributed by atoms with Crippen LogP contribution in [-0.2, 0) is 6.42 Å². The standard InChI is InChI=1S/C20H24/c1-20(2)13-5-8-18-17-10-9-14-6-3-4-7-15(14)16(17)11-12-19(18)20/h3-4,6-7,11-12,17-18H,5,8-10,13H2,1-2H3. The molecule has 0 amide bonds. The molecule has 0 aliphatic heterocycles. The van der Waals surface area contributed by atoms with Crippen molar-refractivity contribution in [1.82, 2.24) is 0 Å². The minimum Gasteiger partial charge on any atom is -0.0620 e. The van der Waals surface area contributed by atoms with Gasteiger partial charge in [0.05, 0.1) is 0 Å². The Hall–Kier alpha value is -1.30. The molecule has 3 aliphatic carbocycles. The Kier molecular flexibility index (Phi) is 2.70. The van der Waals surface area contributed by atoms with Gasteiger partial charge in [-0.05, 0) is 59.6 Å². The van der Waals surface area contributed by atoms with Crippen molar-refractivity contribution in [3.05, 3.63) is 53.1 Å². The number of allylic oxidation sites excluding steroid dienone is 4. The maximum Gasteiger partial charge on any atom is -0.00868 e. The zero-order valence-corrected chi connectivity index (χ0v) is 12.7. The molecular weight excluding hydrogens is 240 g/mol. The second-order valence-corrected chi connectivity index (χ2v) is 7.43. The number of fused-ring (bicyclic) bond motifs is 5. The van der Waals surface area contributed by atoms with Crippen LogP contribution in [0.15, 0.2) is 42.0 Å². The van der Waals surface area contributed by atoms with E-state index in [4.69, 9.17) is 0 Å². The molecule has 20 heavy (non-hydrogen) atoms. The van der Waals surface area contributed by atoms with Crippen molar-refractivity contribution in [3.8, 4) is 0 Å². The normalized spacial score (nSPS) is 30.5. The molecule has 2 atom stereocenters. The van der Waals surface area contributed by atoms with Gasteiger partial charge in [-0.2, -0.15) is 0 Å². The van der Waals surface area contributed by atoms with Gasteiger partial charge in [-0.15, -0.1) is 0 Å². The molecule has 0 saturated heterocycles. The summed E-state index contributed by atoms with van der Waals surface area (Å²) >= 11 is 0. The van der Waals surface area contributed by atoms with Crippen LogP contribution < -0.4 is 0 Å². The van der Waals surface area contributed by atoms with Crippen LogP contribution in [0.3, 0.4) is 0 Å². The van der Waals surface area contributed by atoms with E-state index in [0.29, 0.717) is 5.41 Å². The molecule has 0 heterocycles. The fourth-order valence-electron chi connectivity index (χ4n) is 4.83. The molecule has 0 nitrogen and oxygen atoms in total. The van der Waals surface area contributed by atoms with Gasteiger partial charge >= 0.3 is 0 Å². The highest BCUT2D eigenvalue weighted by atomic mass is 14.5. The van der Waals surface area contributed by atoms with Gasteiger partial charge in [0, 0.05) is 0 Å². The molecule has 0 heteroatoms. The predicted molar refractivity (Wildman–Crippen MR) is 85.4 cm³/mol. The molecule has 3 aliphatic rings. The Morgan fingerprint density at radius 3 is 2.75 bits per heavy atom. The van der Waals surface area contributed by atoms with Crippen LogP contribution in [0.5, 0.6) is 0 Å². The van der Waals surface area contributed by atoms with Crippen LogP contribution in [0.25, 0.3) is 5.57 Å². The third-order valence-corrected chi connectivity index (χ3v) is 5.88. The number of aryl methyl sites for hydroxylation is 1. The Morgan fingerprint density at radius 1 is 1.00 bits per heavy atom. The van der Waals surface area contributed by atoms with Gasteiger partial charge in [0.2, 0.25) is 0 Å². The van der Waals surface area contributed by atoms with E-state index in [2.05, 4.69) is 50.3 Å². The molecule has 0 spiro atoms. The van der Waals surface area contributed by atoms with Crippen molar-refractivity contribution in [2.75, 3.05) is 0 Å². The van der Waals surface area contributed by atoms with E-state index in [1.165, 1.54) is 37.7 Å². The Bertz CT molecular complexity index is 600. The summed E-state index contributed by atoms with van der Waals surface area (Å²) in [5.74, 6) is 1.59. The summed E-state index contributed by atoms with van der Waals surface area (Å²) in [6, 6.07) is 9.04. The summed E-state index contributed by atoms with van der Waals surface area (Å²) in [6.07, 6.45) is 11.7. The van der Waals surface area contributed by atoms with E-state index in [0.717, 1.165) is 11.8 Å². The first-order valence-corrected chi connectivity index (χ1v) is 8.17. The first-order valence-electron chi connectivity index (χ1n) is 8.17. The first-order chi connectivity index (χ1) is 9.67. The molecule has 0 bridgehead atoms. The molecule has 2 unspecified atom stereocenters. The molecular formula is C20H24. The molecule has 1 fully saturated rings. The third kappa shape index (κ3) is 1.74. The van der Waals surface area contributed by atoms with Crippen molar-refractivity contribution in [3.63, 3.8) is 0 Å². The molecule has 0 aromatic heterocycles. The average Bonchev–Trinajstić information content (AvgIpc) is 2.46. The van der Waals surface area contributed by atoms with Gasteiger partial charge in [0.25, 0.3) is 0 Å². The maximum atomic E-state index is 2.47. The van der Waals surface area contributed by atoms with Gasteiger partial charge in [0.1, 0.15) is 0 Å². The highest BCUT2D eigenvalue weighted by Gasteiger charge is 2.41. The highest BCUT2D eigenvalue weighted by Crippen LogP contribution is 2.53. The van der Waals surface area contributed by atoms with Gasteiger partial charge in [-0.25, -0.2) is 0 Å². The molecule has 0 radical (unpaired) electrons. The van der Waals surface area contributed by atoms with Crippen LogP contribution in [0, 0.1) is 17.3 Å². The van der Waals surface area contributed by atoms with E-state index in [9.17, 15) is 0 Å². The fraction of sp³-hybridized carbons (Fsp3) is 0.500. The topological polar surface area (TPSA) is 0 Å². The fourth-order valence-corrected chi connectivity index (χ4v) is 4.83. The van der Waals surface area contributed by atoms with Crippen molar-refractivity contribution < 1.29 is 0 Å². The summed E-state index contributed by atoms with van der Waals surface area (Å²) in [5.41, 5.74) is 6.86. The molecule has 1 aromatic carbocycles. The minimum absolute atomic E-state index is 0.419. The lowest BCUT2D eigenvalue weighted by Gasteiger charge is -2.46. The van der Waals surface area contributed by atoms with E-state index >= 15 is 0 Å². The summed E-state index contributed by atoms with van der Waals surface area (Å²) in [6.45, 7) is 4.89. The smallest absolute Gasteiger partial charge is 0.00868 e. The van der Waals surface area contributed by atoms with Crippen LogP contribution in [0.2, 0.25) is 0 Å². The number of benzene rings is 1. The zero-order chi connectivity index (χ0) is 13.7. The van der Waals surface area contributed by atoms with Crippen molar-refractivity contribution in [1.29, 1.82) is 0 Å². The largest absolute Gasteiger partial charge is 0.0620 e. The molecule has 4 rings (SSSR count). The van der Waals surface area contributed by atoms with E-state index in [1.807, 2.05) is 0 Å². The van der Waals surface area contributed by atoms with Crippen LogP contribution in [0.4, 0.5) is 0 Å². The Morgan fingerprint density at radius 2 is 1.85 bits per heavy atom. The number of rotatable bonds is 0. The summed E-state index contributed by atoms with van der Waals surface area (Å²) < 4.78 is 0. The lowest BCUT2D eigenvalue weighted by Crippen LogP contribution is -2.34. The van der Waals surface area contributed by atoms with Crippen molar-refractivity contribution in [2.24, 2.45) is 17.3 Å². The molecule has 0 N–H and O–H groups in total. The minimum atomic E-state index is 0.419. The quantitative estimate of drug-likeness (QED) is 0.588. The lowest BCUT2D eigenvalue weighted by molar-refractivity contribution is 0.238. The van der Waals surface area contributed by atoms with E-state index < -0.39 is 0 Å². The lowest BCUT2D eigenvalue weighted by atomic mass is 9.58. The summed E-state index contributed by atoms with van der Waals surface area (Å²) in [4.78, 5) is 0. The van der Waals surface area contributed by atoms with Gasteiger partial charge in [-0.3, -0.25) is 0 Å². The molecule has 1 saturated carbocycles. The molecule has 1 aromatic rings. The summed E-state index contributed by atoms with van der Waals surface area (Å²) in [7, 11) is 0. The SMILES string of the molecule is CC1(C)CCCC2C1=CC=C1c3ccccc3CCC12. The summed E-state index contributed by atoms with van der Waals surface area (Å²) in [5, 5.41) is 0. The molecule has 104 valence electrons. The van der Waals surface area contributed by atoms with Crippen LogP contribution >= 0.6 is 0 Å². The number of hydrogen-bond donors (Lipinski definition) is 0. The Balaban J connectivity index is 1.83. The van der Waals surface area contributed by atoms with Crippen molar-refractivity contribution >= 4 is 5.57 Å². The van der Waals surface area contributed by atoms with E-state index in [-0.39, 0.29) is 0 Å². The highest BCUT2D eigenvalue weighted by molar-refractivity contribution is 5.75. The van der Waals surface area contributed by atoms with Crippen LogP contribution in [-0.4, -0.2) is 0 Å². The Labute approximate surface area is 122 Å². The zero-order valence-electron chi connectivity index (χ0n) is 12.7. The monoisotopic (exact) mass is 264 g/mol. The second-order valence-electron chi connectivity index (χ2n) is 7.43. The van der Waals surface area contributed by atoms with Crippen LogP contribution in [0.1, 0.15) is 50.7 Å². The number of hydrogen-bond acceptors (Lipinski definition) is 0. The maximum absolute atomic E-state index is 2.47. The average molecular weight is 264 g/mol. The van der Waals surface area contributed by atoms with Crippen molar-refractivity contribution in [2.45, 2.75) is 46.0 Å². The van der Waals surface area contributed by atoms with Gasteiger partial charge in [0.15, 0.2) is 0 Å². The first kappa shape index (κ1) is 12.4. The second kappa shape index (κ2) is 4.35. The third-order valence-electron chi connectivity index (χ3n) is 5.88. The van der Waals surface area contributed by atoms with Gasteiger partial charge < -0.3 is 0 Å². The van der Waals surface area contributed by atoms with E-state index in [1.54, 1.807) is 16.7 Å². The van der Waals surface area contributed by atoms with Gasteiger partial charge in [-0.1, -0.05) is 62.3 Å².